The third-order valence-electron chi connectivity index (χ3n) is 6.82. The van der Waals surface area contributed by atoms with Gasteiger partial charge in [0, 0.05) is 44.3 Å². The van der Waals surface area contributed by atoms with Gasteiger partial charge in [0.2, 0.25) is 5.91 Å². The normalized spacial score (nSPS) is 16.7. The second-order valence-corrected chi connectivity index (χ2v) is 9.34. The Balaban J connectivity index is 1.16. The molecule has 8 nitrogen and oxygen atoms in total. The number of aliphatic carboxylic acids is 1. The zero-order valence-corrected chi connectivity index (χ0v) is 19.8. The van der Waals surface area contributed by atoms with E-state index in [9.17, 15) is 14.7 Å². The van der Waals surface area contributed by atoms with E-state index in [0.29, 0.717) is 19.4 Å². The molecule has 1 amide bonds. The van der Waals surface area contributed by atoms with Gasteiger partial charge in [0.15, 0.2) is 0 Å². The topological polar surface area (TPSA) is 113 Å². The van der Waals surface area contributed by atoms with Crippen molar-refractivity contribution in [2.75, 3.05) is 25.1 Å². The lowest BCUT2D eigenvalue weighted by atomic mass is 9.92. The first-order valence-corrected chi connectivity index (χ1v) is 12.2. The molecule has 0 spiro atoms. The molecule has 4 rings (SSSR count). The largest absolute Gasteiger partial charge is 0.480 e. The molecule has 3 heterocycles. The molecule has 8 heteroatoms. The Labute approximate surface area is 200 Å². The molecular formula is C26H34N4O4. The molecule has 1 saturated carbocycles. The van der Waals surface area contributed by atoms with Gasteiger partial charge in [0.25, 0.3) is 0 Å². The monoisotopic (exact) mass is 466 g/mol. The number of nitrogens with zero attached hydrogens (tertiary/aromatic N) is 2. The number of carboxylic acid groups (broad SMARTS) is 1. The van der Waals surface area contributed by atoms with E-state index in [1.54, 1.807) is 12.4 Å². The minimum absolute atomic E-state index is 0.233. The van der Waals surface area contributed by atoms with Gasteiger partial charge in [-0.3, -0.25) is 9.78 Å². The van der Waals surface area contributed by atoms with Crippen LogP contribution in [0.1, 0.15) is 60.9 Å². The Hall–Kier alpha value is -3.00. The van der Waals surface area contributed by atoms with E-state index in [1.165, 1.54) is 5.56 Å². The molecule has 2 aromatic heterocycles. The first kappa shape index (κ1) is 24.1. The SMILES string of the molecule is Cc1ccncc1C1(C(=O)N[C@@H](CCOCCCCc2ccc3c(n2)NCCC3)C(=O)O)CC1. The van der Waals surface area contributed by atoms with Gasteiger partial charge in [0.05, 0.1) is 5.41 Å². The number of aromatic nitrogens is 2. The Bertz CT molecular complexity index is 1020. The molecule has 34 heavy (non-hydrogen) atoms. The first-order chi connectivity index (χ1) is 16.5. The average Bonchev–Trinajstić information content (AvgIpc) is 3.64. The lowest BCUT2D eigenvalue weighted by Crippen LogP contribution is -2.46. The highest BCUT2D eigenvalue weighted by molar-refractivity contribution is 5.94. The number of nitrogens with one attached hydrogen (secondary N) is 2. The number of hydrogen-bond acceptors (Lipinski definition) is 6. The number of pyridine rings is 2. The highest BCUT2D eigenvalue weighted by atomic mass is 16.5. The fourth-order valence-electron chi connectivity index (χ4n) is 4.58. The predicted molar refractivity (Wildman–Crippen MR) is 129 cm³/mol. The fourth-order valence-corrected chi connectivity index (χ4v) is 4.58. The molecule has 0 radical (unpaired) electrons. The quantitative estimate of drug-likeness (QED) is 0.412. The van der Waals surface area contributed by atoms with Gasteiger partial charge >= 0.3 is 5.97 Å². The molecule has 1 atom stereocenters. The summed E-state index contributed by atoms with van der Waals surface area (Å²) in [6, 6.07) is 5.19. The third-order valence-corrected chi connectivity index (χ3v) is 6.82. The van der Waals surface area contributed by atoms with Crippen molar-refractivity contribution < 1.29 is 19.4 Å². The molecule has 2 aromatic rings. The highest BCUT2D eigenvalue weighted by Gasteiger charge is 2.52. The van der Waals surface area contributed by atoms with E-state index in [4.69, 9.17) is 9.72 Å². The number of carbonyl (C=O) groups excluding carboxylic acids is 1. The van der Waals surface area contributed by atoms with E-state index in [1.807, 2.05) is 13.0 Å². The lowest BCUT2D eigenvalue weighted by Gasteiger charge is -2.21. The second kappa shape index (κ2) is 11.0. The molecule has 1 fully saturated rings. The summed E-state index contributed by atoms with van der Waals surface area (Å²) < 4.78 is 5.67. The van der Waals surface area contributed by atoms with Crippen molar-refractivity contribution in [3.8, 4) is 0 Å². The zero-order chi connectivity index (χ0) is 24.0. The summed E-state index contributed by atoms with van der Waals surface area (Å²) in [5.74, 6) is -0.251. The number of carbonyl (C=O) groups is 2. The Morgan fingerprint density at radius 3 is 2.85 bits per heavy atom. The summed E-state index contributed by atoms with van der Waals surface area (Å²) in [5.41, 5.74) is 3.62. The maximum absolute atomic E-state index is 12.9. The molecule has 0 aromatic carbocycles. The van der Waals surface area contributed by atoms with E-state index in [2.05, 4.69) is 27.8 Å². The van der Waals surface area contributed by atoms with Crippen molar-refractivity contribution in [1.82, 2.24) is 15.3 Å². The van der Waals surface area contributed by atoms with Crippen molar-refractivity contribution >= 4 is 17.7 Å². The molecule has 0 saturated heterocycles. The summed E-state index contributed by atoms with van der Waals surface area (Å²) in [6.45, 7) is 3.78. The molecule has 0 bridgehead atoms. The van der Waals surface area contributed by atoms with Gasteiger partial charge in [0.1, 0.15) is 11.9 Å². The third kappa shape index (κ3) is 5.73. The number of hydrogen-bond donors (Lipinski definition) is 3. The van der Waals surface area contributed by atoms with Crippen molar-refractivity contribution in [3.05, 3.63) is 53.0 Å². The minimum Gasteiger partial charge on any atom is -0.480 e. The molecular weight excluding hydrogens is 432 g/mol. The molecule has 1 aliphatic heterocycles. The van der Waals surface area contributed by atoms with Crippen LogP contribution in [-0.2, 0) is 32.6 Å². The number of carboxylic acids is 1. The number of fused-ring (bicyclic) bond motifs is 1. The Kier molecular flexibility index (Phi) is 7.77. The van der Waals surface area contributed by atoms with Crippen LogP contribution in [0.2, 0.25) is 0 Å². The van der Waals surface area contributed by atoms with Crippen molar-refractivity contribution in [2.24, 2.45) is 0 Å². The number of amides is 1. The second-order valence-electron chi connectivity index (χ2n) is 9.34. The minimum atomic E-state index is -1.04. The van der Waals surface area contributed by atoms with Gasteiger partial charge in [-0.1, -0.05) is 6.07 Å². The van der Waals surface area contributed by atoms with E-state index < -0.39 is 17.4 Å². The van der Waals surface area contributed by atoms with Gasteiger partial charge in [-0.15, -0.1) is 0 Å². The van der Waals surface area contributed by atoms with Crippen LogP contribution >= 0.6 is 0 Å². The van der Waals surface area contributed by atoms with Gasteiger partial charge < -0.3 is 20.5 Å². The smallest absolute Gasteiger partial charge is 0.326 e. The first-order valence-electron chi connectivity index (χ1n) is 12.2. The van der Waals surface area contributed by atoms with E-state index in [-0.39, 0.29) is 18.9 Å². The van der Waals surface area contributed by atoms with Gasteiger partial charge in [-0.2, -0.15) is 0 Å². The van der Waals surface area contributed by atoms with Crippen molar-refractivity contribution in [1.29, 1.82) is 0 Å². The molecule has 0 unspecified atom stereocenters. The van der Waals surface area contributed by atoms with Crippen LogP contribution in [-0.4, -0.2) is 52.8 Å². The summed E-state index contributed by atoms with van der Waals surface area (Å²) in [5, 5.41) is 15.7. The predicted octanol–water partition coefficient (Wildman–Crippen LogP) is 3.17. The standard InChI is InChI=1S/C26H34N4O4/c1-18-9-14-27-17-21(18)26(11-12-26)25(33)30-22(24(31)32)10-16-34-15-3-2-6-20-8-7-19-5-4-13-28-23(19)29-20/h7-9,14,17,22H,2-6,10-13,15-16H2,1H3,(H,28,29)(H,30,33)(H,31,32)/t22-/m0/s1. The number of aryl methyl sites for hydroxylation is 3. The Morgan fingerprint density at radius 1 is 1.24 bits per heavy atom. The van der Waals surface area contributed by atoms with Gasteiger partial charge in [-0.05, 0) is 80.7 Å². The van der Waals surface area contributed by atoms with Gasteiger partial charge in [-0.25, -0.2) is 9.78 Å². The lowest BCUT2D eigenvalue weighted by molar-refractivity contribution is -0.142. The van der Waals surface area contributed by atoms with Crippen molar-refractivity contribution in [2.45, 2.75) is 69.7 Å². The maximum atomic E-state index is 12.9. The number of unbranched alkanes of at least 4 members (excludes halogenated alkanes) is 1. The summed E-state index contributed by atoms with van der Waals surface area (Å²) in [4.78, 5) is 33.5. The number of anilines is 1. The van der Waals surface area contributed by atoms with Crippen LogP contribution < -0.4 is 10.6 Å². The molecule has 1 aliphatic carbocycles. The van der Waals surface area contributed by atoms with E-state index >= 15 is 0 Å². The molecule has 182 valence electrons. The van der Waals surface area contributed by atoms with Crippen LogP contribution in [0.5, 0.6) is 0 Å². The summed E-state index contributed by atoms with van der Waals surface area (Å²) in [7, 11) is 0. The Morgan fingerprint density at radius 2 is 2.09 bits per heavy atom. The molecule has 3 N–H and O–H groups in total. The van der Waals surface area contributed by atoms with Crippen molar-refractivity contribution in [3.63, 3.8) is 0 Å². The summed E-state index contributed by atoms with van der Waals surface area (Å²) in [6.07, 6.45) is 10.0. The fraction of sp³-hybridized carbons (Fsp3) is 0.538. The summed E-state index contributed by atoms with van der Waals surface area (Å²) >= 11 is 0. The maximum Gasteiger partial charge on any atom is 0.326 e. The zero-order valence-electron chi connectivity index (χ0n) is 19.8. The number of rotatable bonds is 12. The highest BCUT2D eigenvalue weighted by Crippen LogP contribution is 2.49. The van der Waals surface area contributed by atoms with E-state index in [0.717, 1.165) is 61.3 Å². The van der Waals surface area contributed by atoms with Crippen LogP contribution in [0.3, 0.4) is 0 Å². The van der Waals surface area contributed by atoms with Crippen LogP contribution in [0.25, 0.3) is 0 Å². The molecule has 2 aliphatic rings. The van der Waals surface area contributed by atoms with Crippen LogP contribution in [0, 0.1) is 6.92 Å². The number of ether oxygens (including phenoxy) is 1. The average molecular weight is 467 g/mol. The van der Waals surface area contributed by atoms with Crippen LogP contribution in [0.15, 0.2) is 30.6 Å². The van der Waals surface area contributed by atoms with Crippen LogP contribution in [0.4, 0.5) is 5.82 Å².